The minimum Gasteiger partial charge on any atom is -0.465 e. The highest BCUT2D eigenvalue weighted by atomic mass is 19.3. The Balaban J connectivity index is 1.53. The Morgan fingerprint density at radius 1 is 1.09 bits per heavy atom. The predicted molar refractivity (Wildman–Crippen MR) is 152 cm³/mol. The molecule has 2 heterocycles. The molecule has 2 aliphatic rings. The maximum atomic E-state index is 15.1. The molecule has 43 heavy (non-hydrogen) atoms. The van der Waals surface area contributed by atoms with Crippen molar-refractivity contribution in [2.75, 3.05) is 48.9 Å². The van der Waals surface area contributed by atoms with Gasteiger partial charge in [0.05, 0.1) is 54.5 Å². The topological polar surface area (TPSA) is 106 Å². The minimum absolute atomic E-state index is 0.0103. The van der Waals surface area contributed by atoms with Gasteiger partial charge in [-0.05, 0) is 35.9 Å². The Labute approximate surface area is 246 Å². The van der Waals surface area contributed by atoms with Crippen LogP contribution in [0.2, 0.25) is 0 Å². The maximum absolute atomic E-state index is 15.1. The molecule has 3 aromatic carbocycles. The summed E-state index contributed by atoms with van der Waals surface area (Å²) < 4.78 is 47.6. The van der Waals surface area contributed by atoms with Crippen molar-refractivity contribution in [1.29, 1.82) is 5.26 Å². The molecule has 1 spiro atoms. The van der Waals surface area contributed by atoms with Crippen LogP contribution in [0.4, 0.5) is 30.2 Å². The number of para-hydroxylation sites is 1. The van der Waals surface area contributed by atoms with Gasteiger partial charge in [-0.3, -0.25) is 14.5 Å². The van der Waals surface area contributed by atoms with E-state index in [1.165, 1.54) is 48.4 Å². The highest BCUT2D eigenvalue weighted by molar-refractivity contribution is 6.11. The van der Waals surface area contributed by atoms with Gasteiger partial charge in [0.25, 0.3) is 11.8 Å². The number of benzene rings is 3. The number of hydrogen-bond donors (Lipinski definition) is 1. The largest absolute Gasteiger partial charge is 0.465 e. The fraction of sp³-hybridized carbons (Fsp3) is 0.290. The second-order valence-corrected chi connectivity index (χ2v) is 10.6. The first-order chi connectivity index (χ1) is 20.4. The Morgan fingerprint density at radius 2 is 1.79 bits per heavy atom. The van der Waals surface area contributed by atoms with E-state index in [0.29, 0.717) is 16.9 Å². The normalized spacial score (nSPS) is 16.2. The average Bonchev–Trinajstić information content (AvgIpc) is 2.97. The first-order valence-electron chi connectivity index (χ1n) is 13.4. The van der Waals surface area contributed by atoms with Gasteiger partial charge in [0.1, 0.15) is 12.4 Å². The van der Waals surface area contributed by atoms with E-state index < -0.39 is 41.6 Å². The molecule has 9 nitrogen and oxygen atoms in total. The van der Waals surface area contributed by atoms with Crippen molar-refractivity contribution in [3.05, 3.63) is 88.7 Å². The number of carbonyl (C=O) groups excluding carboxylic acids is 3. The van der Waals surface area contributed by atoms with Crippen molar-refractivity contribution in [3.8, 4) is 6.07 Å². The zero-order chi connectivity index (χ0) is 31.1. The van der Waals surface area contributed by atoms with Crippen LogP contribution in [-0.2, 0) is 26.8 Å². The quantitative estimate of drug-likeness (QED) is 0.409. The SMILES string of the molecule is CNc1c(C(=O)OC)cccc1N1CC2(C1)C(=O)N(c1ccc(C#N)cc1F)CC(=O)N2Cc1ccc(C(C)(F)F)cc1. The summed E-state index contributed by atoms with van der Waals surface area (Å²) >= 11 is 0. The summed E-state index contributed by atoms with van der Waals surface area (Å²) in [6.07, 6.45) is 0. The summed E-state index contributed by atoms with van der Waals surface area (Å²) in [5, 5.41) is 12.1. The predicted octanol–water partition coefficient (Wildman–Crippen LogP) is 4.27. The molecular weight excluding hydrogens is 563 g/mol. The molecule has 0 aliphatic carbocycles. The smallest absolute Gasteiger partial charge is 0.340 e. The Bertz CT molecular complexity index is 1640. The van der Waals surface area contributed by atoms with Gasteiger partial charge in [0.2, 0.25) is 5.91 Å². The Morgan fingerprint density at radius 3 is 2.37 bits per heavy atom. The molecule has 2 aliphatic heterocycles. The van der Waals surface area contributed by atoms with Crippen molar-refractivity contribution in [2.24, 2.45) is 0 Å². The molecule has 0 aromatic heterocycles. The molecule has 1 N–H and O–H groups in total. The van der Waals surface area contributed by atoms with E-state index in [1.807, 2.05) is 11.0 Å². The molecule has 0 radical (unpaired) electrons. The highest BCUT2D eigenvalue weighted by Gasteiger charge is 2.60. The highest BCUT2D eigenvalue weighted by Crippen LogP contribution is 2.42. The second kappa shape index (κ2) is 11.0. The summed E-state index contributed by atoms with van der Waals surface area (Å²) in [5.74, 6) is -5.42. The average molecular weight is 592 g/mol. The first kappa shape index (κ1) is 29.4. The Hall–Kier alpha value is -5.05. The molecule has 2 fully saturated rings. The van der Waals surface area contributed by atoms with Gasteiger partial charge in [-0.2, -0.15) is 5.26 Å². The standard InChI is InChI=1S/C31H28F3N5O4/c1-30(33,34)21-10-7-19(8-11-21)15-39-26(40)16-38(24-12-9-20(14-35)13-23(24)32)29(42)31(39)17-37(18-31)25-6-4-5-22(27(25)36-2)28(41)43-3/h4-13,36H,15-18H2,1-3H3. The van der Waals surface area contributed by atoms with Crippen molar-refractivity contribution in [3.63, 3.8) is 0 Å². The van der Waals surface area contributed by atoms with Gasteiger partial charge >= 0.3 is 5.97 Å². The van der Waals surface area contributed by atoms with Crippen LogP contribution >= 0.6 is 0 Å². The molecule has 0 saturated carbocycles. The molecule has 3 aromatic rings. The number of amides is 2. The van der Waals surface area contributed by atoms with Crippen LogP contribution in [0.5, 0.6) is 0 Å². The van der Waals surface area contributed by atoms with Gasteiger partial charge in [-0.1, -0.05) is 30.3 Å². The molecule has 0 bridgehead atoms. The fourth-order valence-electron chi connectivity index (χ4n) is 5.62. The van der Waals surface area contributed by atoms with Crippen LogP contribution in [0.15, 0.2) is 60.7 Å². The Kier molecular flexibility index (Phi) is 7.52. The van der Waals surface area contributed by atoms with Gasteiger partial charge in [-0.15, -0.1) is 0 Å². The number of nitriles is 1. The summed E-state index contributed by atoms with van der Waals surface area (Å²) in [5.41, 5.74) is 0.185. The monoisotopic (exact) mass is 591 g/mol. The number of alkyl halides is 2. The molecule has 12 heteroatoms. The number of hydrogen-bond acceptors (Lipinski definition) is 7. The summed E-state index contributed by atoms with van der Waals surface area (Å²) in [7, 11) is 2.91. The minimum atomic E-state index is -3.04. The van der Waals surface area contributed by atoms with Gasteiger partial charge in [0.15, 0.2) is 5.54 Å². The maximum Gasteiger partial charge on any atom is 0.340 e. The van der Waals surface area contributed by atoms with E-state index in [1.54, 1.807) is 25.2 Å². The first-order valence-corrected chi connectivity index (χ1v) is 13.4. The number of ether oxygens (including phenoxy) is 1. The van der Waals surface area contributed by atoms with Crippen LogP contribution < -0.4 is 15.1 Å². The molecule has 2 amide bonds. The zero-order valence-electron chi connectivity index (χ0n) is 23.7. The number of halogens is 3. The summed E-state index contributed by atoms with van der Waals surface area (Å²) in [4.78, 5) is 44.6. The van der Waals surface area contributed by atoms with Gasteiger partial charge < -0.3 is 19.9 Å². The lowest BCUT2D eigenvalue weighted by Crippen LogP contribution is -2.81. The third-order valence-electron chi connectivity index (χ3n) is 7.87. The van der Waals surface area contributed by atoms with Crippen LogP contribution in [0, 0.1) is 17.1 Å². The van der Waals surface area contributed by atoms with E-state index in [9.17, 15) is 23.2 Å². The number of carbonyl (C=O) groups is 3. The number of rotatable bonds is 7. The van der Waals surface area contributed by atoms with E-state index in [4.69, 9.17) is 10.00 Å². The van der Waals surface area contributed by atoms with E-state index in [2.05, 4.69) is 5.32 Å². The van der Waals surface area contributed by atoms with Gasteiger partial charge in [-0.25, -0.2) is 18.0 Å². The second-order valence-electron chi connectivity index (χ2n) is 10.6. The molecular formula is C31H28F3N5O4. The van der Waals surface area contributed by atoms with Crippen LogP contribution in [0.3, 0.4) is 0 Å². The lowest BCUT2D eigenvalue weighted by atomic mass is 9.82. The number of nitrogens with one attached hydrogen (secondary N) is 1. The third-order valence-corrected chi connectivity index (χ3v) is 7.87. The number of esters is 1. The van der Waals surface area contributed by atoms with Crippen LogP contribution in [0.1, 0.15) is 34.0 Å². The van der Waals surface area contributed by atoms with Crippen molar-refractivity contribution in [2.45, 2.75) is 24.9 Å². The molecule has 0 atom stereocenters. The van der Waals surface area contributed by atoms with E-state index in [-0.39, 0.29) is 42.0 Å². The lowest BCUT2D eigenvalue weighted by Gasteiger charge is -2.59. The summed E-state index contributed by atoms with van der Waals surface area (Å²) in [6.45, 7) is 0.317. The summed E-state index contributed by atoms with van der Waals surface area (Å²) in [6, 6.07) is 16.1. The van der Waals surface area contributed by atoms with Crippen molar-refractivity contribution >= 4 is 34.8 Å². The zero-order valence-corrected chi connectivity index (χ0v) is 23.7. The molecule has 2 saturated heterocycles. The molecule has 0 unspecified atom stereocenters. The van der Waals surface area contributed by atoms with E-state index >= 15 is 4.39 Å². The van der Waals surface area contributed by atoms with Crippen molar-refractivity contribution < 1.29 is 32.3 Å². The van der Waals surface area contributed by atoms with E-state index in [0.717, 1.165) is 17.9 Å². The molecule has 222 valence electrons. The lowest BCUT2D eigenvalue weighted by molar-refractivity contribution is -0.153. The fourth-order valence-corrected chi connectivity index (χ4v) is 5.62. The van der Waals surface area contributed by atoms with Crippen molar-refractivity contribution in [1.82, 2.24) is 4.90 Å². The number of anilines is 3. The third kappa shape index (κ3) is 5.11. The van der Waals surface area contributed by atoms with Gasteiger partial charge in [0, 0.05) is 26.1 Å². The molecule has 5 rings (SSSR count). The number of nitrogens with zero attached hydrogens (tertiary/aromatic N) is 4. The van der Waals surface area contributed by atoms with Crippen LogP contribution in [-0.4, -0.2) is 62.0 Å². The number of piperazine rings is 1. The van der Waals surface area contributed by atoms with Crippen LogP contribution in [0.25, 0.3) is 0 Å². The number of methoxy groups -OCH3 is 1.